The third kappa shape index (κ3) is 4.29. The highest BCUT2D eigenvalue weighted by atomic mass is 79.9. The molecule has 1 N–H and O–H groups in total. The molecule has 4 rings (SSSR count). The van der Waals surface area contributed by atoms with Gasteiger partial charge in [0.1, 0.15) is 4.21 Å². The van der Waals surface area contributed by atoms with Gasteiger partial charge >= 0.3 is 0 Å². The van der Waals surface area contributed by atoms with Gasteiger partial charge in [-0.25, -0.2) is 13.1 Å². The van der Waals surface area contributed by atoms with Gasteiger partial charge in [-0.1, -0.05) is 34.1 Å². The summed E-state index contributed by atoms with van der Waals surface area (Å²) < 4.78 is 28.8. The molecule has 2 aromatic rings. The lowest BCUT2D eigenvalue weighted by atomic mass is 10.0. The van der Waals surface area contributed by atoms with Crippen molar-refractivity contribution in [3.8, 4) is 0 Å². The van der Waals surface area contributed by atoms with Gasteiger partial charge in [0.2, 0.25) is 15.9 Å². The molecule has 1 amide bonds. The number of likely N-dealkylation sites (tertiary alicyclic amines) is 1. The Morgan fingerprint density at radius 2 is 1.96 bits per heavy atom. The van der Waals surface area contributed by atoms with Crippen LogP contribution < -0.4 is 4.72 Å². The molecule has 1 aliphatic carbocycles. The predicted octanol–water partition coefficient (Wildman–Crippen LogP) is 3.58. The fraction of sp³-hybridized carbons (Fsp3) is 0.421. The molecule has 5 nitrogen and oxygen atoms in total. The van der Waals surface area contributed by atoms with E-state index in [0.29, 0.717) is 36.1 Å². The van der Waals surface area contributed by atoms with Crippen molar-refractivity contribution in [1.29, 1.82) is 0 Å². The highest BCUT2D eigenvalue weighted by Gasteiger charge is 2.46. The second-order valence-corrected chi connectivity index (χ2v) is 11.0. The van der Waals surface area contributed by atoms with Gasteiger partial charge in [-0.05, 0) is 54.3 Å². The number of rotatable bonds is 5. The number of thiophene rings is 1. The van der Waals surface area contributed by atoms with Crippen molar-refractivity contribution in [2.45, 2.75) is 35.4 Å². The van der Waals surface area contributed by atoms with Crippen molar-refractivity contribution in [2.24, 2.45) is 5.92 Å². The van der Waals surface area contributed by atoms with Crippen LogP contribution in [0.2, 0.25) is 0 Å². The Morgan fingerprint density at radius 1 is 1.19 bits per heavy atom. The van der Waals surface area contributed by atoms with E-state index in [1.54, 1.807) is 17.5 Å². The number of nitrogens with zero attached hydrogens (tertiary/aromatic N) is 1. The minimum Gasteiger partial charge on any atom is -0.342 e. The maximum absolute atomic E-state index is 12.8. The number of hydrogen-bond donors (Lipinski definition) is 1. The summed E-state index contributed by atoms with van der Waals surface area (Å²) in [7, 11) is -3.45. The zero-order valence-electron chi connectivity index (χ0n) is 14.7. The van der Waals surface area contributed by atoms with Crippen LogP contribution >= 0.6 is 27.3 Å². The Balaban J connectivity index is 1.30. The number of carbonyl (C=O) groups is 1. The quantitative estimate of drug-likeness (QED) is 0.728. The summed E-state index contributed by atoms with van der Waals surface area (Å²) >= 11 is 4.70. The number of hydrogen-bond acceptors (Lipinski definition) is 4. The first kappa shape index (κ1) is 19.1. The number of carbonyl (C=O) groups excluding carboxylic acids is 1. The largest absolute Gasteiger partial charge is 0.342 e. The second-order valence-electron chi connectivity index (χ2n) is 7.16. The van der Waals surface area contributed by atoms with Crippen LogP contribution in [0.4, 0.5) is 0 Å². The van der Waals surface area contributed by atoms with Crippen molar-refractivity contribution in [3.63, 3.8) is 0 Å². The Kier molecular flexibility index (Phi) is 5.42. The van der Waals surface area contributed by atoms with Crippen LogP contribution in [0.3, 0.4) is 0 Å². The molecule has 8 heteroatoms. The number of nitrogens with one attached hydrogen (secondary N) is 1. The van der Waals surface area contributed by atoms with E-state index in [9.17, 15) is 13.2 Å². The molecule has 2 atom stereocenters. The van der Waals surface area contributed by atoms with E-state index in [1.165, 1.54) is 16.9 Å². The summed E-state index contributed by atoms with van der Waals surface area (Å²) in [5.74, 6) is 0.586. The van der Waals surface area contributed by atoms with Crippen molar-refractivity contribution < 1.29 is 13.2 Å². The molecule has 1 aromatic heterocycles. The summed E-state index contributed by atoms with van der Waals surface area (Å²) in [6, 6.07) is 11.4. The molecule has 2 unspecified atom stereocenters. The van der Waals surface area contributed by atoms with Gasteiger partial charge in [-0.3, -0.25) is 4.79 Å². The monoisotopic (exact) mass is 468 g/mol. The van der Waals surface area contributed by atoms with E-state index in [2.05, 4.69) is 32.8 Å². The molecular weight excluding hydrogens is 448 g/mol. The number of halogens is 1. The van der Waals surface area contributed by atoms with Crippen molar-refractivity contribution >= 4 is 43.2 Å². The summed E-state index contributed by atoms with van der Waals surface area (Å²) in [4.78, 5) is 14.7. The van der Waals surface area contributed by atoms with E-state index in [-0.39, 0.29) is 17.9 Å². The van der Waals surface area contributed by atoms with Gasteiger partial charge in [0.25, 0.3) is 0 Å². The number of benzene rings is 1. The summed E-state index contributed by atoms with van der Waals surface area (Å²) in [5, 5.41) is 1.76. The van der Waals surface area contributed by atoms with E-state index >= 15 is 0 Å². The van der Waals surface area contributed by atoms with Crippen LogP contribution in [-0.4, -0.2) is 38.4 Å². The zero-order valence-corrected chi connectivity index (χ0v) is 17.9. The average Bonchev–Trinajstić information content (AvgIpc) is 3.24. The van der Waals surface area contributed by atoms with Gasteiger partial charge in [0.15, 0.2) is 0 Å². The number of sulfonamides is 1. The van der Waals surface area contributed by atoms with Gasteiger partial charge in [-0.2, -0.15) is 0 Å². The van der Waals surface area contributed by atoms with Gasteiger partial charge in [0.05, 0.1) is 0 Å². The SMILES string of the molecule is O=C(C1CC1c1cccc(Br)c1)N1CCC(NS(=O)(=O)c2cccs2)CC1. The third-order valence-corrected chi connectivity index (χ3v) is 8.68. The van der Waals surface area contributed by atoms with Crippen molar-refractivity contribution in [2.75, 3.05) is 13.1 Å². The molecule has 0 bridgehead atoms. The van der Waals surface area contributed by atoms with Crippen LogP contribution in [0.5, 0.6) is 0 Å². The fourth-order valence-corrected chi connectivity index (χ4v) is 6.45. The van der Waals surface area contributed by atoms with Crippen LogP contribution in [0.25, 0.3) is 0 Å². The summed E-state index contributed by atoms with van der Waals surface area (Å²) in [5.41, 5.74) is 1.21. The molecule has 0 spiro atoms. The molecule has 1 aromatic carbocycles. The van der Waals surface area contributed by atoms with Gasteiger partial charge < -0.3 is 4.90 Å². The van der Waals surface area contributed by atoms with Gasteiger partial charge in [0, 0.05) is 29.5 Å². The fourth-order valence-electron chi connectivity index (χ4n) is 3.72. The molecule has 1 saturated carbocycles. The zero-order chi connectivity index (χ0) is 19.0. The first-order valence-electron chi connectivity index (χ1n) is 9.04. The topological polar surface area (TPSA) is 66.5 Å². The standard InChI is InChI=1S/C19H21BrN2O3S2/c20-14-4-1-3-13(11-14)16-12-17(16)19(23)22-8-6-15(7-9-22)21-27(24,25)18-5-2-10-26-18/h1-5,10-11,15-17,21H,6-9,12H2. The molecular formula is C19H21BrN2O3S2. The number of piperidine rings is 1. The minimum absolute atomic E-state index is 0.0682. The molecule has 144 valence electrons. The Morgan fingerprint density at radius 3 is 2.63 bits per heavy atom. The molecule has 0 radical (unpaired) electrons. The van der Waals surface area contributed by atoms with E-state index in [1.807, 2.05) is 17.0 Å². The highest BCUT2D eigenvalue weighted by Crippen LogP contribution is 2.49. The van der Waals surface area contributed by atoms with Crippen molar-refractivity contribution in [3.05, 3.63) is 51.8 Å². The van der Waals surface area contributed by atoms with Crippen LogP contribution in [0.15, 0.2) is 50.5 Å². The first-order valence-corrected chi connectivity index (χ1v) is 12.2. The van der Waals surface area contributed by atoms with Crippen LogP contribution in [0.1, 0.15) is 30.7 Å². The Hall–Kier alpha value is -1.22. The molecule has 1 saturated heterocycles. The third-order valence-electron chi connectivity index (χ3n) is 5.27. The van der Waals surface area contributed by atoms with E-state index < -0.39 is 10.0 Å². The van der Waals surface area contributed by atoms with E-state index in [0.717, 1.165) is 10.9 Å². The molecule has 2 heterocycles. The molecule has 27 heavy (non-hydrogen) atoms. The van der Waals surface area contributed by atoms with E-state index in [4.69, 9.17) is 0 Å². The lowest BCUT2D eigenvalue weighted by molar-refractivity contribution is -0.133. The molecule has 1 aliphatic heterocycles. The maximum Gasteiger partial charge on any atom is 0.250 e. The van der Waals surface area contributed by atoms with Crippen LogP contribution in [0, 0.1) is 5.92 Å². The predicted molar refractivity (Wildman–Crippen MR) is 109 cm³/mol. The maximum atomic E-state index is 12.8. The average molecular weight is 469 g/mol. The highest BCUT2D eigenvalue weighted by molar-refractivity contribution is 9.10. The lowest BCUT2D eigenvalue weighted by Gasteiger charge is -2.32. The minimum atomic E-state index is -3.45. The van der Waals surface area contributed by atoms with Crippen LogP contribution in [-0.2, 0) is 14.8 Å². The molecule has 2 fully saturated rings. The van der Waals surface area contributed by atoms with Gasteiger partial charge in [-0.15, -0.1) is 11.3 Å². The van der Waals surface area contributed by atoms with Crippen molar-refractivity contribution in [1.82, 2.24) is 9.62 Å². The number of amides is 1. The second kappa shape index (κ2) is 7.66. The Labute approximate surface area is 172 Å². The Bertz CT molecular complexity index is 922. The lowest BCUT2D eigenvalue weighted by Crippen LogP contribution is -2.46. The molecule has 2 aliphatic rings. The summed E-state index contributed by atoms with van der Waals surface area (Å²) in [6.07, 6.45) is 2.22. The normalized spacial score (nSPS) is 23.4. The smallest absolute Gasteiger partial charge is 0.250 e. The first-order chi connectivity index (χ1) is 12.9. The summed E-state index contributed by atoms with van der Waals surface area (Å²) in [6.45, 7) is 1.22.